The molecule has 1 aromatic carbocycles. The van der Waals surface area contributed by atoms with Gasteiger partial charge in [-0.1, -0.05) is 24.3 Å². The Morgan fingerprint density at radius 3 is 2.00 bits per heavy atom. The summed E-state index contributed by atoms with van der Waals surface area (Å²) in [4.78, 5) is 59.2. The number of amides is 1. The van der Waals surface area contributed by atoms with Crippen LogP contribution in [0, 0.1) is 5.92 Å². The van der Waals surface area contributed by atoms with Crippen molar-refractivity contribution in [2.45, 2.75) is 30.0 Å². The van der Waals surface area contributed by atoms with Gasteiger partial charge in [0.2, 0.25) is 15.9 Å². The van der Waals surface area contributed by atoms with Crippen LogP contribution in [-0.4, -0.2) is 86.6 Å². The predicted octanol–water partition coefficient (Wildman–Crippen LogP) is 0.468. The van der Waals surface area contributed by atoms with Crippen molar-refractivity contribution < 1.29 is 57.5 Å². The number of aromatic nitrogens is 2. The summed E-state index contributed by atoms with van der Waals surface area (Å²) in [7, 11) is -3.84. The fourth-order valence-corrected chi connectivity index (χ4v) is 4.74. The topological polar surface area (TPSA) is 188 Å². The second-order valence-electron chi connectivity index (χ2n) is 9.75. The van der Waals surface area contributed by atoms with Crippen LogP contribution in [0.4, 0.5) is 0 Å². The molecule has 3 rings (SSSR count). The number of hydrogen-bond acceptors (Lipinski definition) is 11. The van der Waals surface area contributed by atoms with Crippen molar-refractivity contribution in [3.8, 4) is 0 Å². The van der Waals surface area contributed by atoms with E-state index in [9.17, 15) is 27.6 Å². The van der Waals surface area contributed by atoms with E-state index in [2.05, 4.69) is 20.2 Å². The third-order valence-electron chi connectivity index (χ3n) is 6.59. The summed E-state index contributed by atoms with van der Waals surface area (Å²) >= 11 is 0. The van der Waals surface area contributed by atoms with Gasteiger partial charge in [-0.2, -0.15) is 0 Å². The Kier molecular flexibility index (Phi) is 16.0. The fourth-order valence-electron chi connectivity index (χ4n) is 4.22. The molecule has 13 nitrogen and oxygen atoms in total. The van der Waals surface area contributed by atoms with Crippen LogP contribution in [-0.2, 0) is 78.6 Å². The zero-order valence-corrected chi connectivity index (χ0v) is 27.9. The molecular weight excluding hydrogens is 777 g/mol. The Labute approximate surface area is 275 Å². The number of sulfonamides is 1. The zero-order valence-electron chi connectivity index (χ0n) is 24.4. The van der Waals surface area contributed by atoms with Gasteiger partial charge >= 0.3 is 0 Å². The Morgan fingerprint density at radius 1 is 0.911 bits per heavy atom. The van der Waals surface area contributed by atoms with Gasteiger partial charge in [-0.25, -0.2) is 13.6 Å². The van der Waals surface area contributed by atoms with Crippen LogP contribution < -0.4 is 10.5 Å². The van der Waals surface area contributed by atoms with E-state index < -0.39 is 27.4 Å². The molecule has 1 radical (unpaired) electrons. The molecule has 0 spiro atoms. The van der Waals surface area contributed by atoms with Gasteiger partial charge < -0.3 is 19.6 Å². The van der Waals surface area contributed by atoms with Crippen LogP contribution >= 0.6 is 0 Å². The van der Waals surface area contributed by atoms with E-state index in [0.29, 0.717) is 25.2 Å². The smallest absolute Gasteiger partial charge is 0.238 e. The number of carbonyl (C=O) groups excluding carboxylic acids is 4. The maximum atomic E-state index is 12.7. The fraction of sp³-hybridized carbons (Fsp3) is 0.333. The zero-order chi connectivity index (χ0) is 31.8. The van der Waals surface area contributed by atoms with Gasteiger partial charge in [0, 0.05) is 59.0 Å². The number of carbonyl (C=O) groups is 4. The Balaban J connectivity index is 0.00000705. The summed E-state index contributed by atoms with van der Waals surface area (Å²) in [6.07, 6.45) is 4.17. The van der Waals surface area contributed by atoms with E-state index in [1.165, 1.54) is 24.3 Å². The van der Waals surface area contributed by atoms with Crippen LogP contribution in [0.25, 0.3) is 0 Å². The molecule has 2 heterocycles. The minimum absolute atomic E-state index is 0. The maximum Gasteiger partial charge on any atom is 0.238 e. The van der Waals surface area contributed by atoms with E-state index in [4.69, 9.17) is 14.6 Å². The summed E-state index contributed by atoms with van der Waals surface area (Å²) in [5, 5.41) is 7.59. The summed E-state index contributed by atoms with van der Waals surface area (Å²) in [6, 6.07) is 17.1. The number of nitrogens with one attached hydrogen (secondary N) is 1. The quantitative estimate of drug-likeness (QED) is 0.0918. The van der Waals surface area contributed by atoms with E-state index in [1.807, 2.05) is 36.4 Å². The minimum Gasteiger partial charge on any atom is -0.378 e. The molecule has 0 aliphatic heterocycles. The molecule has 3 aromatic rings. The van der Waals surface area contributed by atoms with Gasteiger partial charge in [-0.15, -0.1) is 0 Å². The number of primary sulfonamides is 1. The van der Waals surface area contributed by atoms with E-state index in [-0.39, 0.29) is 77.0 Å². The second kappa shape index (κ2) is 19.1. The monoisotopic (exact) mass is 812 g/mol. The molecule has 0 saturated heterocycles. The van der Waals surface area contributed by atoms with Crippen LogP contribution in [0.15, 0.2) is 78.0 Å². The first-order chi connectivity index (χ1) is 21.2. The van der Waals surface area contributed by atoms with E-state index >= 15 is 0 Å². The molecular formula is C30H35N5O8ReS. The van der Waals surface area contributed by atoms with Crippen molar-refractivity contribution in [2.24, 2.45) is 11.1 Å². The van der Waals surface area contributed by atoms with Gasteiger partial charge in [0.15, 0.2) is 18.2 Å². The third-order valence-corrected chi connectivity index (χ3v) is 7.52. The van der Waals surface area contributed by atoms with Crippen molar-refractivity contribution in [3.05, 3.63) is 90.0 Å². The number of hydrogen-bond donors (Lipinski definition) is 2. The van der Waals surface area contributed by atoms with Crippen LogP contribution in [0.2, 0.25) is 0 Å². The molecule has 0 fully saturated rings. The summed E-state index contributed by atoms with van der Waals surface area (Å²) in [5.74, 6) is -2.60. The van der Waals surface area contributed by atoms with Crippen molar-refractivity contribution >= 4 is 34.8 Å². The number of benzene rings is 1. The first kappa shape index (κ1) is 37.6. The summed E-state index contributed by atoms with van der Waals surface area (Å²) in [6.45, 7) is 1.74. The van der Waals surface area contributed by atoms with Crippen molar-refractivity contribution in [1.29, 1.82) is 0 Å². The first-order valence-corrected chi connectivity index (χ1v) is 15.3. The predicted molar refractivity (Wildman–Crippen MR) is 158 cm³/mol. The van der Waals surface area contributed by atoms with Gasteiger partial charge in [0.1, 0.15) is 12.2 Å². The molecule has 45 heavy (non-hydrogen) atoms. The molecule has 3 N–H and O–H groups in total. The van der Waals surface area contributed by atoms with Crippen LogP contribution in [0.1, 0.15) is 17.0 Å². The number of rotatable bonds is 20. The van der Waals surface area contributed by atoms with Gasteiger partial charge in [-0.05, 0) is 48.4 Å². The molecule has 1 amide bonds. The number of nitrogens with two attached hydrogens (primary N) is 1. The van der Waals surface area contributed by atoms with Crippen molar-refractivity contribution in [3.63, 3.8) is 0 Å². The second-order valence-corrected chi connectivity index (χ2v) is 11.3. The molecule has 1 unspecified atom stereocenters. The molecule has 0 saturated carbocycles. The number of pyridine rings is 2. The molecule has 0 aliphatic rings. The SMILES string of the molecule is NS(=O)(=O)c1ccc(CCNC(=O)C(C=O)C(C=O)(C=O)OCCOCCN(Cc2ccccn2)Cc2ccccn2)cc1.[Re]. The van der Waals surface area contributed by atoms with Gasteiger partial charge in [0.05, 0.1) is 36.1 Å². The van der Waals surface area contributed by atoms with Crippen LogP contribution in [0.5, 0.6) is 0 Å². The average molecular weight is 812 g/mol. The molecule has 15 heteroatoms. The largest absolute Gasteiger partial charge is 0.378 e. The van der Waals surface area contributed by atoms with E-state index in [1.54, 1.807) is 12.4 Å². The summed E-state index contributed by atoms with van der Waals surface area (Å²) < 4.78 is 33.9. The minimum atomic E-state index is -3.84. The number of nitrogens with zero attached hydrogens (tertiary/aromatic N) is 3. The van der Waals surface area contributed by atoms with Crippen molar-refractivity contribution in [1.82, 2.24) is 20.2 Å². The Bertz CT molecular complexity index is 1420. The van der Waals surface area contributed by atoms with E-state index in [0.717, 1.165) is 11.4 Å². The van der Waals surface area contributed by atoms with Crippen molar-refractivity contribution in [2.75, 3.05) is 32.9 Å². The van der Waals surface area contributed by atoms with Gasteiger partial charge in [0.25, 0.3) is 0 Å². The first-order valence-electron chi connectivity index (χ1n) is 13.7. The third kappa shape index (κ3) is 12.1. The molecule has 1 atom stereocenters. The van der Waals surface area contributed by atoms with Gasteiger partial charge in [-0.3, -0.25) is 29.3 Å². The standard InChI is InChI=1S/C30H35N5O8S.Re/c31-44(40,41)27-9-7-24(8-10-27)11-14-34-29(39)28(21-36)30(22-37,23-38)43-18-17-42-16-15-35(19-25-5-1-3-12-32-25)20-26-6-2-4-13-33-26;/h1-10,12-13,21-23,28H,11,14-20H2,(H,34,39)(H2,31,40,41);. The molecule has 0 aliphatic carbocycles. The number of aldehydes is 3. The number of ether oxygens (including phenoxy) is 2. The maximum absolute atomic E-state index is 12.7. The average Bonchev–Trinajstić information content (AvgIpc) is 3.03. The summed E-state index contributed by atoms with van der Waals surface area (Å²) in [5.41, 5.74) is 0.124. The molecule has 2 aromatic heterocycles. The molecule has 241 valence electrons. The normalized spacial score (nSPS) is 12.1. The van der Waals surface area contributed by atoms with Crippen LogP contribution in [0.3, 0.4) is 0 Å². The Hall–Kier alpha value is -3.55. The molecule has 0 bridgehead atoms. The Morgan fingerprint density at radius 2 is 1.51 bits per heavy atom.